The van der Waals surface area contributed by atoms with Crippen LogP contribution in [-0.2, 0) is 15.1 Å². The highest BCUT2D eigenvalue weighted by atomic mass is 35.5. The number of pyridine rings is 1. The first-order valence-corrected chi connectivity index (χ1v) is 12.6. The van der Waals surface area contributed by atoms with E-state index < -0.39 is 10.8 Å². The van der Waals surface area contributed by atoms with Crippen molar-refractivity contribution in [3.63, 3.8) is 0 Å². The van der Waals surface area contributed by atoms with Crippen LogP contribution in [0.3, 0.4) is 0 Å². The van der Waals surface area contributed by atoms with Crippen LogP contribution in [0.2, 0.25) is 5.02 Å². The van der Waals surface area contributed by atoms with Crippen LogP contribution in [0.25, 0.3) is 0 Å². The summed E-state index contributed by atoms with van der Waals surface area (Å²) in [5.41, 5.74) is 1.17. The number of nitrogens with zero attached hydrogens (tertiary/aromatic N) is 2. The fourth-order valence-electron chi connectivity index (χ4n) is 3.77. The fraction of sp³-hybridized carbons (Fsp3) is 0.200. The molecule has 2 unspecified atom stereocenters. The van der Waals surface area contributed by atoms with Gasteiger partial charge in [0.1, 0.15) is 10.8 Å². The van der Waals surface area contributed by atoms with Crippen LogP contribution in [0, 0.1) is 0 Å². The molecule has 1 fully saturated rings. The van der Waals surface area contributed by atoms with Gasteiger partial charge in [0, 0.05) is 17.0 Å². The molecule has 1 amide bonds. The van der Waals surface area contributed by atoms with E-state index in [1.165, 1.54) is 23.1 Å². The first kappa shape index (κ1) is 23.4. The number of rotatable bonds is 6. The standard InChI is InChI=1S/C25H22ClN3O2S2/c1-3-7-16(2)27-22-11-6-10-21(28-22)25(17-12-13-32-15-17)14-19(30)23(24(31)29-25)33-20-9-5-4-8-18(20)26/h3-13,15,23H,14H2,1-2H3,(H,29,31)/b7-3-,27-16?. The molecule has 2 aromatic heterocycles. The van der Waals surface area contributed by atoms with Crippen molar-refractivity contribution in [3.05, 3.63) is 87.7 Å². The second-order valence-electron chi connectivity index (χ2n) is 7.61. The summed E-state index contributed by atoms with van der Waals surface area (Å²) in [5.74, 6) is -0.00851. The van der Waals surface area contributed by atoms with E-state index in [0.29, 0.717) is 21.4 Å². The molecule has 5 nitrogen and oxygen atoms in total. The van der Waals surface area contributed by atoms with Crippen LogP contribution in [0.15, 0.2) is 81.3 Å². The third-order valence-corrected chi connectivity index (χ3v) is 7.72. The summed E-state index contributed by atoms with van der Waals surface area (Å²) in [7, 11) is 0. The molecule has 0 aliphatic carbocycles. The van der Waals surface area contributed by atoms with Crippen molar-refractivity contribution < 1.29 is 9.59 Å². The maximum atomic E-state index is 13.4. The van der Waals surface area contributed by atoms with Gasteiger partial charge in [-0.2, -0.15) is 11.3 Å². The lowest BCUT2D eigenvalue weighted by Crippen LogP contribution is -2.58. The fourth-order valence-corrected chi connectivity index (χ4v) is 5.75. The maximum absolute atomic E-state index is 13.4. The predicted molar refractivity (Wildman–Crippen MR) is 136 cm³/mol. The molecule has 0 spiro atoms. The van der Waals surface area contributed by atoms with Gasteiger partial charge in [-0.1, -0.05) is 35.9 Å². The van der Waals surface area contributed by atoms with Crippen LogP contribution >= 0.6 is 34.7 Å². The molecular formula is C25H22ClN3O2S2. The van der Waals surface area contributed by atoms with Crippen molar-refractivity contribution in [3.8, 4) is 0 Å². The van der Waals surface area contributed by atoms with Crippen LogP contribution in [-0.4, -0.2) is 27.6 Å². The number of Topliss-reactive ketones (excluding diaryl/α,β-unsaturated/α-hetero) is 1. The first-order chi connectivity index (χ1) is 15.9. The van der Waals surface area contributed by atoms with E-state index in [9.17, 15) is 9.59 Å². The second kappa shape index (κ2) is 10.0. The van der Waals surface area contributed by atoms with E-state index >= 15 is 0 Å². The molecule has 2 atom stereocenters. The highest BCUT2D eigenvalue weighted by Gasteiger charge is 2.48. The SMILES string of the molecule is C/C=C\C(C)=Nc1cccc(C2(c3ccsc3)CC(=O)C(Sc3ccccc3Cl)C(=O)N2)n1. The number of ketones is 1. The largest absolute Gasteiger partial charge is 0.339 e. The molecule has 3 aromatic rings. The maximum Gasteiger partial charge on any atom is 0.242 e. The van der Waals surface area contributed by atoms with Crippen LogP contribution in [0.5, 0.6) is 0 Å². The molecule has 4 rings (SSSR count). The Labute approximate surface area is 206 Å². The minimum absolute atomic E-state index is 0.0889. The van der Waals surface area contributed by atoms with Crippen molar-refractivity contribution >= 4 is 57.9 Å². The zero-order valence-electron chi connectivity index (χ0n) is 18.1. The number of aromatic nitrogens is 1. The summed E-state index contributed by atoms with van der Waals surface area (Å²) < 4.78 is 0. The van der Waals surface area contributed by atoms with Gasteiger partial charge in [-0.3, -0.25) is 9.59 Å². The Hall–Kier alpha value is -2.74. The van der Waals surface area contributed by atoms with Crippen molar-refractivity contribution in [1.82, 2.24) is 10.3 Å². The summed E-state index contributed by atoms with van der Waals surface area (Å²) in [5, 5.41) is 6.64. The quantitative estimate of drug-likeness (QED) is 0.338. The van der Waals surface area contributed by atoms with E-state index in [2.05, 4.69) is 10.3 Å². The summed E-state index contributed by atoms with van der Waals surface area (Å²) in [4.78, 5) is 36.6. The van der Waals surface area contributed by atoms with E-state index in [0.717, 1.165) is 11.3 Å². The lowest BCUT2D eigenvalue weighted by Gasteiger charge is -2.39. The minimum Gasteiger partial charge on any atom is -0.339 e. The third kappa shape index (κ3) is 4.95. The topological polar surface area (TPSA) is 71.4 Å². The van der Waals surface area contributed by atoms with Gasteiger partial charge in [0.2, 0.25) is 5.91 Å². The number of carbonyl (C=O) groups is 2. The van der Waals surface area contributed by atoms with Crippen LogP contribution in [0.4, 0.5) is 5.82 Å². The number of piperidine rings is 1. The molecule has 1 aromatic carbocycles. The molecule has 33 heavy (non-hydrogen) atoms. The molecule has 1 N–H and O–H groups in total. The van der Waals surface area contributed by atoms with Gasteiger partial charge in [-0.15, -0.1) is 11.8 Å². The molecule has 1 aliphatic rings. The summed E-state index contributed by atoms with van der Waals surface area (Å²) in [6.45, 7) is 3.82. The molecule has 0 radical (unpaired) electrons. The minimum atomic E-state index is -1.05. The van der Waals surface area contributed by atoms with Gasteiger partial charge in [-0.05, 0) is 66.6 Å². The van der Waals surface area contributed by atoms with Crippen molar-refractivity contribution in [2.24, 2.45) is 4.99 Å². The van der Waals surface area contributed by atoms with Crippen molar-refractivity contribution in [1.29, 1.82) is 0 Å². The van der Waals surface area contributed by atoms with Gasteiger partial charge < -0.3 is 5.32 Å². The number of nitrogens with one attached hydrogen (secondary N) is 1. The Morgan fingerprint density at radius 3 is 2.76 bits per heavy atom. The first-order valence-electron chi connectivity index (χ1n) is 10.4. The number of hydrogen-bond donors (Lipinski definition) is 1. The average molecular weight is 496 g/mol. The summed E-state index contributed by atoms with van der Waals surface area (Å²) in [6.07, 6.45) is 3.89. The van der Waals surface area contributed by atoms with Gasteiger partial charge in [0.15, 0.2) is 11.6 Å². The molecule has 1 aliphatic heterocycles. The molecular weight excluding hydrogens is 474 g/mol. The zero-order chi connectivity index (χ0) is 23.4. The summed E-state index contributed by atoms with van der Waals surface area (Å²) in [6, 6.07) is 14.6. The Kier molecular flexibility index (Phi) is 7.12. The number of hydrogen-bond acceptors (Lipinski definition) is 6. The van der Waals surface area contributed by atoms with Crippen LogP contribution < -0.4 is 5.32 Å². The van der Waals surface area contributed by atoms with Crippen molar-refractivity contribution in [2.45, 2.75) is 36.0 Å². The molecule has 0 bridgehead atoms. The highest BCUT2D eigenvalue weighted by Crippen LogP contribution is 2.41. The van der Waals surface area contributed by atoms with E-state index in [4.69, 9.17) is 16.6 Å². The number of thioether (sulfide) groups is 1. The van der Waals surface area contributed by atoms with E-state index in [-0.39, 0.29) is 18.1 Å². The molecule has 1 saturated heterocycles. The van der Waals surface area contributed by atoms with E-state index in [1.54, 1.807) is 12.1 Å². The van der Waals surface area contributed by atoms with Gasteiger partial charge >= 0.3 is 0 Å². The lowest BCUT2D eigenvalue weighted by atomic mass is 9.79. The van der Waals surface area contributed by atoms with Crippen molar-refractivity contribution in [2.75, 3.05) is 0 Å². The second-order valence-corrected chi connectivity index (χ2v) is 9.95. The Morgan fingerprint density at radius 2 is 2.06 bits per heavy atom. The normalized spacial score (nSPS) is 21.4. The predicted octanol–water partition coefficient (Wildman–Crippen LogP) is 5.96. The molecule has 3 heterocycles. The van der Waals surface area contributed by atoms with Gasteiger partial charge in [0.05, 0.1) is 10.7 Å². The Morgan fingerprint density at radius 1 is 1.24 bits per heavy atom. The highest BCUT2D eigenvalue weighted by molar-refractivity contribution is 8.01. The number of benzene rings is 1. The number of halogens is 1. The van der Waals surface area contributed by atoms with E-state index in [1.807, 2.05) is 73.2 Å². The molecule has 0 saturated carbocycles. The smallest absolute Gasteiger partial charge is 0.242 e. The number of carbonyl (C=O) groups excluding carboxylic acids is 2. The molecule has 8 heteroatoms. The zero-order valence-corrected chi connectivity index (χ0v) is 20.5. The number of amides is 1. The van der Waals surface area contributed by atoms with Gasteiger partial charge in [0.25, 0.3) is 0 Å². The van der Waals surface area contributed by atoms with Gasteiger partial charge in [-0.25, -0.2) is 9.98 Å². The Bertz CT molecular complexity index is 1220. The average Bonchev–Trinajstić information content (AvgIpc) is 3.33. The molecule has 168 valence electrons. The summed E-state index contributed by atoms with van der Waals surface area (Å²) >= 11 is 8.95. The number of thiophene rings is 1. The van der Waals surface area contributed by atoms with Crippen LogP contribution in [0.1, 0.15) is 31.5 Å². The Balaban J connectivity index is 1.72. The lowest BCUT2D eigenvalue weighted by molar-refractivity contribution is -0.133. The third-order valence-electron chi connectivity index (χ3n) is 5.27. The number of allylic oxidation sites excluding steroid dienone is 2. The monoisotopic (exact) mass is 495 g/mol. The number of aliphatic imine (C=N–C) groups is 1.